The molecule has 0 aliphatic carbocycles. The Morgan fingerprint density at radius 3 is 2.32 bits per heavy atom. The van der Waals surface area contributed by atoms with Gasteiger partial charge in [-0.2, -0.15) is 0 Å². The van der Waals surface area contributed by atoms with Crippen LogP contribution in [0.4, 0.5) is 0 Å². The fourth-order valence-electron chi connectivity index (χ4n) is 4.74. The second-order valence-electron chi connectivity index (χ2n) is 9.39. The van der Waals surface area contributed by atoms with Gasteiger partial charge in [0.15, 0.2) is 0 Å². The molecule has 1 atom stereocenters. The lowest BCUT2D eigenvalue weighted by Gasteiger charge is -2.32. The van der Waals surface area contributed by atoms with Crippen molar-refractivity contribution >= 4 is 11.9 Å². The molecule has 0 amide bonds. The molecule has 2 aromatic carbocycles. The van der Waals surface area contributed by atoms with E-state index in [2.05, 4.69) is 71.2 Å². The van der Waals surface area contributed by atoms with Gasteiger partial charge in [0.2, 0.25) is 0 Å². The van der Waals surface area contributed by atoms with Crippen LogP contribution in [0.5, 0.6) is 0 Å². The number of nitrogens with zero attached hydrogens (tertiary/aromatic N) is 3. The summed E-state index contributed by atoms with van der Waals surface area (Å²) in [6.07, 6.45) is 5.49. The van der Waals surface area contributed by atoms with Crippen LogP contribution >= 0.6 is 0 Å². The first-order valence-corrected chi connectivity index (χ1v) is 12.4. The second-order valence-corrected chi connectivity index (χ2v) is 9.39. The number of aromatic nitrogens is 2. The van der Waals surface area contributed by atoms with E-state index in [1.807, 2.05) is 0 Å². The first-order valence-electron chi connectivity index (χ1n) is 12.4. The molecule has 0 radical (unpaired) electrons. The van der Waals surface area contributed by atoms with Gasteiger partial charge in [0.25, 0.3) is 0 Å². The van der Waals surface area contributed by atoms with Crippen molar-refractivity contribution in [2.75, 3.05) is 27.2 Å². The summed E-state index contributed by atoms with van der Waals surface area (Å²) in [6.45, 7) is 3.73. The molecule has 2 aliphatic heterocycles. The molecule has 5 rings (SSSR count). The van der Waals surface area contributed by atoms with E-state index in [-0.39, 0.29) is 12.2 Å². The predicted octanol–water partition coefficient (Wildman–Crippen LogP) is 3.61. The van der Waals surface area contributed by atoms with Gasteiger partial charge in [0.1, 0.15) is 11.9 Å². The van der Waals surface area contributed by atoms with Crippen molar-refractivity contribution in [2.45, 2.75) is 44.6 Å². The van der Waals surface area contributed by atoms with Crippen molar-refractivity contribution in [1.82, 2.24) is 14.5 Å². The fourth-order valence-corrected chi connectivity index (χ4v) is 4.74. The number of fused-ring (bicyclic) bond motifs is 2. The number of carbonyl (C=O) groups is 2. The van der Waals surface area contributed by atoms with Gasteiger partial charge >= 0.3 is 11.9 Å². The number of carboxylic acid groups (broad SMARTS) is 2. The number of likely N-dealkylation sites (tertiary alicyclic amines) is 1. The van der Waals surface area contributed by atoms with E-state index in [0.717, 1.165) is 56.0 Å². The van der Waals surface area contributed by atoms with Crippen LogP contribution in [0.1, 0.15) is 41.5 Å². The second kappa shape index (κ2) is 12.1. The Labute approximate surface area is 216 Å². The molecule has 2 N–H and O–H groups in total. The summed E-state index contributed by atoms with van der Waals surface area (Å²) >= 11 is 0. The molecule has 9 nitrogen and oxygen atoms in total. The van der Waals surface area contributed by atoms with Gasteiger partial charge in [-0.05, 0) is 43.0 Å². The smallest absolute Gasteiger partial charge is 0.414 e. The van der Waals surface area contributed by atoms with Crippen molar-refractivity contribution in [1.29, 1.82) is 0 Å². The van der Waals surface area contributed by atoms with E-state index in [4.69, 9.17) is 34.3 Å². The molecule has 3 aromatic rings. The van der Waals surface area contributed by atoms with E-state index >= 15 is 0 Å². The number of ether oxygens (including phenoxy) is 2. The third kappa shape index (κ3) is 6.62. The number of piperidine rings is 1. The summed E-state index contributed by atoms with van der Waals surface area (Å²) in [5.41, 5.74) is 5.95. The molecule has 196 valence electrons. The van der Waals surface area contributed by atoms with Crippen LogP contribution in [-0.2, 0) is 38.6 Å². The van der Waals surface area contributed by atoms with E-state index in [1.54, 1.807) is 7.11 Å². The van der Waals surface area contributed by atoms with Gasteiger partial charge in [-0.1, -0.05) is 48.5 Å². The molecule has 37 heavy (non-hydrogen) atoms. The minimum absolute atomic E-state index is 0.117. The molecule has 0 spiro atoms. The molecule has 9 heteroatoms. The number of imidazole rings is 1. The normalized spacial score (nSPS) is 17.6. The number of hydrogen-bond acceptors (Lipinski definition) is 6. The average Bonchev–Trinajstić information content (AvgIpc) is 3.26. The molecule has 0 bridgehead atoms. The molecule has 3 heterocycles. The maximum absolute atomic E-state index is 9.10. The van der Waals surface area contributed by atoms with Gasteiger partial charge < -0.3 is 29.2 Å². The molecular formula is C28H33N3O6. The molecule has 1 aromatic heterocycles. The zero-order valence-electron chi connectivity index (χ0n) is 21.2. The van der Waals surface area contributed by atoms with Gasteiger partial charge in [0.05, 0.1) is 18.4 Å². The topological polar surface area (TPSA) is 114 Å². The third-order valence-electron chi connectivity index (χ3n) is 6.74. The van der Waals surface area contributed by atoms with Crippen LogP contribution in [0.2, 0.25) is 0 Å². The lowest BCUT2D eigenvalue weighted by molar-refractivity contribution is -0.159. The molecule has 1 saturated heterocycles. The first kappa shape index (κ1) is 26.5. The van der Waals surface area contributed by atoms with Crippen molar-refractivity contribution in [3.05, 3.63) is 77.2 Å². The highest BCUT2D eigenvalue weighted by Crippen LogP contribution is 2.35. The van der Waals surface area contributed by atoms with Crippen molar-refractivity contribution in [3.8, 4) is 11.3 Å². The Hall–Kier alpha value is -3.53. The lowest BCUT2D eigenvalue weighted by Crippen LogP contribution is -2.35. The fraction of sp³-hybridized carbons (Fsp3) is 0.393. The largest absolute Gasteiger partial charge is 0.473 e. The molecule has 0 saturated carbocycles. The lowest BCUT2D eigenvalue weighted by atomic mass is 10.00. The summed E-state index contributed by atoms with van der Waals surface area (Å²) in [6, 6.07) is 17.2. The zero-order valence-corrected chi connectivity index (χ0v) is 21.2. The summed E-state index contributed by atoms with van der Waals surface area (Å²) in [5, 5.41) is 14.8. The van der Waals surface area contributed by atoms with Crippen LogP contribution in [0, 0.1) is 0 Å². The monoisotopic (exact) mass is 507 g/mol. The number of hydrogen-bond donors (Lipinski definition) is 2. The molecule has 2 aliphatic rings. The average molecular weight is 508 g/mol. The Morgan fingerprint density at radius 2 is 1.68 bits per heavy atom. The van der Waals surface area contributed by atoms with E-state index in [1.165, 1.54) is 16.7 Å². The predicted molar refractivity (Wildman–Crippen MR) is 137 cm³/mol. The summed E-state index contributed by atoms with van der Waals surface area (Å²) in [5.74, 6) is -2.62. The minimum atomic E-state index is -1.82. The Morgan fingerprint density at radius 1 is 1.00 bits per heavy atom. The van der Waals surface area contributed by atoms with Gasteiger partial charge in [-0.15, -0.1) is 0 Å². The zero-order chi connectivity index (χ0) is 26.4. The van der Waals surface area contributed by atoms with Crippen LogP contribution < -0.4 is 0 Å². The van der Waals surface area contributed by atoms with Crippen molar-refractivity contribution in [3.63, 3.8) is 0 Å². The van der Waals surface area contributed by atoms with Crippen LogP contribution in [0.3, 0.4) is 0 Å². The van der Waals surface area contributed by atoms with Gasteiger partial charge in [-0.3, -0.25) is 0 Å². The maximum Gasteiger partial charge on any atom is 0.414 e. The Balaban J connectivity index is 0.000000480. The quantitative estimate of drug-likeness (QED) is 0.504. The molecular weight excluding hydrogens is 474 g/mol. The highest BCUT2D eigenvalue weighted by atomic mass is 16.5. The van der Waals surface area contributed by atoms with Crippen molar-refractivity contribution in [2.24, 2.45) is 0 Å². The number of aliphatic carboxylic acids is 2. The van der Waals surface area contributed by atoms with Crippen LogP contribution in [0.25, 0.3) is 11.3 Å². The van der Waals surface area contributed by atoms with E-state index in [9.17, 15) is 0 Å². The summed E-state index contributed by atoms with van der Waals surface area (Å²) < 4.78 is 14.3. The Bertz CT molecular complexity index is 1200. The van der Waals surface area contributed by atoms with Gasteiger partial charge in [-0.25, -0.2) is 14.6 Å². The number of benzene rings is 2. The number of carboxylic acids is 2. The molecule has 1 fully saturated rings. The summed E-state index contributed by atoms with van der Waals surface area (Å²) in [7, 11) is 3.91. The number of rotatable bonds is 5. The third-order valence-corrected chi connectivity index (χ3v) is 6.74. The standard InChI is InChI=1S/C26H31N3O2.C2H2O4/c1-28-14-12-22(13-15-28)31-25-23-6-4-3-5-20(23)11-16-29-17-24(27-26(25)29)21-9-7-19(8-10-21)18-30-2;3-1(4)2(5)6/h3-10,17,22,25H,11-16,18H2,1-2H3;(H,3,4)(H,5,6). The van der Waals surface area contributed by atoms with Gasteiger partial charge in [0, 0.05) is 38.5 Å². The highest BCUT2D eigenvalue weighted by Gasteiger charge is 2.30. The minimum Gasteiger partial charge on any atom is -0.473 e. The van der Waals surface area contributed by atoms with Crippen LogP contribution in [-0.4, -0.2) is 70.0 Å². The van der Waals surface area contributed by atoms with Crippen molar-refractivity contribution < 1.29 is 29.3 Å². The maximum atomic E-state index is 9.10. The van der Waals surface area contributed by atoms with Crippen LogP contribution in [0.15, 0.2) is 54.7 Å². The SMILES string of the molecule is COCc1ccc(-c2cn3c(n2)C(OC2CCN(C)CC2)c2ccccc2CC3)cc1.O=C(O)C(=O)O. The Kier molecular flexibility index (Phi) is 8.70. The first-order chi connectivity index (χ1) is 17.9. The number of aryl methyl sites for hydroxylation is 2. The number of methoxy groups -OCH3 is 1. The summed E-state index contributed by atoms with van der Waals surface area (Å²) in [4.78, 5) is 25.7. The molecule has 1 unspecified atom stereocenters. The van der Waals surface area contributed by atoms with E-state index < -0.39 is 11.9 Å². The highest BCUT2D eigenvalue weighted by molar-refractivity contribution is 6.27. The van der Waals surface area contributed by atoms with E-state index in [0.29, 0.717) is 6.61 Å².